The molecule has 2 N–H and O–H groups in total. The summed E-state index contributed by atoms with van der Waals surface area (Å²) in [5, 5.41) is 0.564. The highest BCUT2D eigenvalue weighted by Gasteiger charge is 2.25. The van der Waals surface area contributed by atoms with Crippen LogP contribution in [0.1, 0.15) is 44.6 Å². The van der Waals surface area contributed by atoms with Gasteiger partial charge < -0.3 is 10.5 Å². The van der Waals surface area contributed by atoms with Gasteiger partial charge in [0.05, 0.1) is 5.02 Å². The Morgan fingerprint density at radius 2 is 2.16 bits per heavy atom. The van der Waals surface area contributed by atoms with Gasteiger partial charge in [0.2, 0.25) is 0 Å². The molecule has 2 unspecified atom stereocenters. The second kappa shape index (κ2) is 6.58. The molecule has 0 heterocycles. The number of halogens is 1. The minimum Gasteiger partial charge on any atom is -0.490 e. The van der Waals surface area contributed by atoms with E-state index < -0.39 is 0 Å². The van der Waals surface area contributed by atoms with E-state index in [1.165, 1.54) is 25.7 Å². The third kappa shape index (κ3) is 3.61. The van der Waals surface area contributed by atoms with Gasteiger partial charge in [0.1, 0.15) is 16.8 Å². The zero-order chi connectivity index (χ0) is 13.8. The van der Waals surface area contributed by atoms with Crippen LogP contribution in [-0.2, 0) is 0 Å². The van der Waals surface area contributed by atoms with E-state index in [-0.39, 0.29) is 0 Å². The minimum atomic E-state index is 0.311. The summed E-state index contributed by atoms with van der Waals surface area (Å²) in [6.07, 6.45) is 6.45. The molecule has 19 heavy (non-hydrogen) atoms. The van der Waals surface area contributed by atoms with Gasteiger partial charge in [-0.25, -0.2) is 0 Å². The van der Waals surface area contributed by atoms with Crippen LogP contribution in [0.5, 0.6) is 5.75 Å². The summed E-state index contributed by atoms with van der Waals surface area (Å²) in [6.45, 7) is 2.23. The molecule has 4 heteroatoms. The van der Waals surface area contributed by atoms with Gasteiger partial charge in [0.15, 0.2) is 0 Å². The van der Waals surface area contributed by atoms with Crippen molar-refractivity contribution in [2.24, 2.45) is 11.7 Å². The Bertz CT molecular complexity index is 463. The SMILES string of the molecule is CCC1CCCCC1Oc1ccc(C(N)=S)c(Cl)c1. The van der Waals surface area contributed by atoms with E-state index in [1.807, 2.05) is 18.2 Å². The molecule has 2 rings (SSSR count). The highest BCUT2D eigenvalue weighted by atomic mass is 35.5. The van der Waals surface area contributed by atoms with Crippen molar-refractivity contribution in [2.75, 3.05) is 0 Å². The van der Waals surface area contributed by atoms with Gasteiger partial charge in [-0.05, 0) is 49.8 Å². The molecular formula is C15H20ClNOS. The maximum Gasteiger partial charge on any atom is 0.121 e. The smallest absolute Gasteiger partial charge is 0.121 e. The molecule has 0 bridgehead atoms. The van der Waals surface area contributed by atoms with E-state index >= 15 is 0 Å². The lowest BCUT2D eigenvalue weighted by atomic mass is 9.85. The molecule has 0 aliphatic heterocycles. The molecule has 0 amide bonds. The topological polar surface area (TPSA) is 35.2 Å². The lowest BCUT2D eigenvalue weighted by Crippen LogP contribution is -2.29. The number of hydrogen-bond donors (Lipinski definition) is 1. The van der Waals surface area contributed by atoms with Crippen molar-refractivity contribution < 1.29 is 4.74 Å². The summed E-state index contributed by atoms with van der Waals surface area (Å²) in [5.74, 6) is 1.47. The van der Waals surface area contributed by atoms with Crippen molar-refractivity contribution in [1.29, 1.82) is 0 Å². The first-order valence-electron chi connectivity index (χ1n) is 6.87. The van der Waals surface area contributed by atoms with Crippen LogP contribution in [0.2, 0.25) is 5.02 Å². The molecule has 1 aromatic rings. The van der Waals surface area contributed by atoms with Crippen LogP contribution in [0.15, 0.2) is 18.2 Å². The summed E-state index contributed by atoms with van der Waals surface area (Å²) in [6, 6.07) is 5.56. The Morgan fingerprint density at radius 1 is 1.42 bits per heavy atom. The average molecular weight is 298 g/mol. The highest BCUT2D eigenvalue weighted by molar-refractivity contribution is 7.80. The molecule has 1 aromatic carbocycles. The minimum absolute atomic E-state index is 0.311. The van der Waals surface area contributed by atoms with Crippen LogP contribution in [0.4, 0.5) is 0 Å². The van der Waals surface area contributed by atoms with Gasteiger partial charge in [0.25, 0.3) is 0 Å². The summed E-state index contributed by atoms with van der Waals surface area (Å²) >= 11 is 11.1. The molecule has 1 fully saturated rings. The van der Waals surface area contributed by atoms with Gasteiger partial charge in [-0.1, -0.05) is 37.2 Å². The molecule has 1 saturated carbocycles. The fourth-order valence-corrected chi connectivity index (χ4v) is 3.25. The normalized spacial score (nSPS) is 23.1. The molecule has 0 radical (unpaired) electrons. The number of ether oxygens (including phenoxy) is 1. The number of benzene rings is 1. The Balaban J connectivity index is 2.10. The Kier molecular flexibility index (Phi) is 5.06. The molecule has 1 aliphatic rings. The van der Waals surface area contributed by atoms with E-state index in [2.05, 4.69) is 6.92 Å². The number of thiocarbonyl (C=S) groups is 1. The third-order valence-corrected chi connectivity index (χ3v) is 4.39. The predicted octanol–water partition coefficient (Wildman–Crippen LogP) is 4.32. The van der Waals surface area contributed by atoms with E-state index in [4.69, 9.17) is 34.3 Å². The molecule has 104 valence electrons. The number of hydrogen-bond acceptors (Lipinski definition) is 2. The Hall–Kier alpha value is -0.800. The van der Waals surface area contributed by atoms with Crippen LogP contribution in [0, 0.1) is 5.92 Å². The van der Waals surface area contributed by atoms with Gasteiger partial charge >= 0.3 is 0 Å². The van der Waals surface area contributed by atoms with E-state index in [0.717, 1.165) is 12.2 Å². The van der Waals surface area contributed by atoms with Crippen LogP contribution >= 0.6 is 23.8 Å². The third-order valence-electron chi connectivity index (χ3n) is 3.86. The zero-order valence-electron chi connectivity index (χ0n) is 11.2. The predicted molar refractivity (Wildman–Crippen MR) is 84.0 cm³/mol. The molecule has 0 aromatic heterocycles. The largest absolute Gasteiger partial charge is 0.490 e. The van der Waals surface area contributed by atoms with Crippen LogP contribution in [0.25, 0.3) is 0 Å². The lowest BCUT2D eigenvalue weighted by molar-refractivity contribution is 0.0904. The van der Waals surface area contributed by atoms with Crippen LogP contribution in [0.3, 0.4) is 0 Å². The summed E-state index contributed by atoms with van der Waals surface area (Å²) < 4.78 is 6.11. The maximum atomic E-state index is 6.16. The molecule has 0 spiro atoms. The molecule has 1 aliphatic carbocycles. The fraction of sp³-hybridized carbons (Fsp3) is 0.533. The Labute approximate surface area is 125 Å². The summed E-state index contributed by atoms with van der Waals surface area (Å²) in [4.78, 5) is 0.320. The number of nitrogens with two attached hydrogens (primary N) is 1. The average Bonchev–Trinajstić information content (AvgIpc) is 2.39. The first kappa shape index (κ1) is 14.6. The van der Waals surface area contributed by atoms with Crippen molar-refractivity contribution in [2.45, 2.75) is 45.1 Å². The van der Waals surface area contributed by atoms with Crippen molar-refractivity contribution in [3.05, 3.63) is 28.8 Å². The van der Waals surface area contributed by atoms with Gasteiger partial charge in [-0.3, -0.25) is 0 Å². The second-order valence-corrected chi connectivity index (χ2v) is 5.96. The lowest BCUT2D eigenvalue weighted by Gasteiger charge is -2.31. The van der Waals surface area contributed by atoms with Gasteiger partial charge in [-0.2, -0.15) is 0 Å². The first-order chi connectivity index (χ1) is 9.11. The fourth-order valence-electron chi connectivity index (χ4n) is 2.74. The quantitative estimate of drug-likeness (QED) is 0.841. The maximum absolute atomic E-state index is 6.16. The monoisotopic (exact) mass is 297 g/mol. The second-order valence-electron chi connectivity index (χ2n) is 5.11. The molecular weight excluding hydrogens is 278 g/mol. The van der Waals surface area contributed by atoms with Crippen molar-refractivity contribution in [3.8, 4) is 5.75 Å². The zero-order valence-corrected chi connectivity index (χ0v) is 12.8. The number of rotatable bonds is 4. The summed E-state index contributed by atoms with van der Waals surface area (Å²) in [7, 11) is 0. The highest BCUT2D eigenvalue weighted by Crippen LogP contribution is 2.31. The van der Waals surface area contributed by atoms with Gasteiger partial charge in [0, 0.05) is 5.56 Å². The van der Waals surface area contributed by atoms with Gasteiger partial charge in [-0.15, -0.1) is 0 Å². The summed E-state index contributed by atoms with van der Waals surface area (Å²) in [5.41, 5.74) is 6.31. The standard InChI is InChI=1S/C15H20ClNOS/c1-2-10-5-3-4-6-14(10)18-11-7-8-12(15(17)19)13(16)9-11/h7-10,14H,2-6H2,1H3,(H2,17,19). The van der Waals surface area contributed by atoms with Crippen LogP contribution < -0.4 is 10.5 Å². The van der Waals surface area contributed by atoms with Crippen molar-refractivity contribution >= 4 is 28.8 Å². The van der Waals surface area contributed by atoms with Crippen molar-refractivity contribution in [1.82, 2.24) is 0 Å². The molecule has 0 saturated heterocycles. The van der Waals surface area contributed by atoms with E-state index in [0.29, 0.717) is 27.6 Å². The Morgan fingerprint density at radius 3 is 2.79 bits per heavy atom. The first-order valence-corrected chi connectivity index (χ1v) is 7.66. The van der Waals surface area contributed by atoms with E-state index in [1.54, 1.807) is 0 Å². The van der Waals surface area contributed by atoms with E-state index in [9.17, 15) is 0 Å². The molecule has 2 atom stereocenters. The molecule has 2 nitrogen and oxygen atoms in total. The van der Waals surface area contributed by atoms with Crippen LogP contribution in [-0.4, -0.2) is 11.1 Å². The van der Waals surface area contributed by atoms with Crippen molar-refractivity contribution in [3.63, 3.8) is 0 Å².